The van der Waals surface area contributed by atoms with Gasteiger partial charge in [-0.1, -0.05) is 13.0 Å². The van der Waals surface area contributed by atoms with Crippen molar-refractivity contribution >= 4 is 0 Å². The number of fused-ring (bicyclic) bond motifs is 1. The molecule has 0 aliphatic carbocycles. The van der Waals surface area contributed by atoms with Crippen molar-refractivity contribution in [2.24, 2.45) is 0 Å². The van der Waals surface area contributed by atoms with Gasteiger partial charge in [-0.3, -0.25) is 0 Å². The fraction of sp³-hybridized carbons (Fsp3) is 0.471. The zero-order valence-electron chi connectivity index (χ0n) is 12.8. The van der Waals surface area contributed by atoms with Crippen molar-refractivity contribution in [3.05, 3.63) is 47.5 Å². The zero-order valence-corrected chi connectivity index (χ0v) is 12.8. The fourth-order valence-electron chi connectivity index (χ4n) is 2.88. The van der Waals surface area contributed by atoms with Crippen molar-refractivity contribution < 1.29 is 4.74 Å². The van der Waals surface area contributed by atoms with E-state index in [9.17, 15) is 0 Å². The average Bonchev–Trinajstić information content (AvgIpc) is 3.15. The molecule has 1 aromatic heterocycles. The summed E-state index contributed by atoms with van der Waals surface area (Å²) in [5.41, 5.74) is 2.58. The van der Waals surface area contributed by atoms with E-state index in [4.69, 9.17) is 4.74 Å². The first kappa shape index (κ1) is 14.1. The molecule has 1 unspecified atom stereocenters. The summed E-state index contributed by atoms with van der Waals surface area (Å²) in [5.74, 6) is 2.12. The van der Waals surface area contributed by atoms with E-state index in [-0.39, 0.29) is 6.04 Å². The van der Waals surface area contributed by atoms with Crippen LogP contribution < -0.4 is 10.1 Å². The summed E-state index contributed by atoms with van der Waals surface area (Å²) in [5, 5.41) is 3.63. The zero-order chi connectivity index (χ0) is 14.7. The molecule has 2 heterocycles. The molecule has 3 rings (SSSR count). The Balaban J connectivity index is 1.95. The molecule has 0 spiro atoms. The van der Waals surface area contributed by atoms with Gasteiger partial charge in [0, 0.05) is 25.4 Å². The molecule has 1 aliphatic rings. The monoisotopic (exact) mass is 285 g/mol. The molecule has 0 bridgehead atoms. The highest BCUT2D eigenvalue weighted by Gasteiger charge is 2.21. The normalized spacial score (nSPS) is 14.8. The van der Waals surface area contributed by atoms with E-state index in [2.05, 4.69) is 46.9 Å². The van der Waals surface area contributed by atoms with E-state index in [1.807, 2.05) is 12.4 Å². The van der Waals surface area contributed by atoms with Crippen molar-refractivity contribution in [3.8, 4) is 5.75 Å². The first-order chi connectivity index (χ1) is 10.3. The van der Waals surface area contributed by atoms with Gasteiger partial charge in [0.05, 0.1) is 12.6 Å². The third-order valence-electron chi connectivity index (χ3n) is 3.99. The Kier molecular flexibility index (Phi) is 4.25. The molecule has 0 fully saturated rings. The first-order valence-electron chi connectivity index (χ1n) is 7.83. The summed E-state index contributed by atoms with van der Waals surface area (Å²) in [6.07, 6.45) is 6.05. The molecule has 0 amide bonds. The molecule has 4 heteroatoms. The van der Waals surface area contributed by atoms with Crippen molar-refractivity contribution in [3.63, 3.8) is 0 Å². The third kappa shape index (κ3) is 2.81. The quantitative estimate of drug-likeness (QED) is 0.887. The molecule has 0 saturated heterocycles. The number of hydrogen-bond acceptors (Lipinski definition) is 3. The number of ether oxygens (including phenoxy) is 1. The third-order valence-corrected chi connectivity index (χ3v) is 3.99. The average molecular weight is 285 g/mol. The highest BCUT2D eigenvalue weighted by molar-refractivity contribution is 5.42. The lowest BCUT2D eigenvalue weighted by molar-refractivity contribution is 0.356. The number of rotatable bonds is 6. The molecular weight excluding hydrogens is 262 g/mol. The molecule has 1 aliphatic heterocycles. The molecule has 4 nitrogen and oxygen atoms in total. The number of benzene rings is 1. The second-order valence-corrected chi connectivity index (χ2v) is 5.42. The number of imidazole rings is 1. The van der Waals surface area contributed by atoms with Crippen LogP contribution in [-0.2, 0) is 13.0 Å². The number of nitrogens with zero attached hydrogens (tertiary/aromatic N) is 2. The molecule has 0 radical (unpaired) electrons. The Morgan fingerprint density at radius 1 is 1.38 bits per heavy atom. The molecule has 1 atom stereocenters. The predicted octanol–water partition coefficient (Wildman–Crippen LogP) is 2.93. The van der Waals surface area contributed by atoms with E-state index >= 15 is 0 Å². The van der Waals surface area contributed by atoms with E-state index in [0.29, 0.717) is 0 Å². The Hall–Kier alpha value is -1.81. The van der Waals surface area contributed by atoms with Crippen LogP contribution in [0.1, 0.15) is 43.3 Å². The van der Waals surface area contributed by atoms with E-state index in [1.54, 1.807) is 0 Å². The van der Waals surface area contributed by atoms with Gasteiger partial charge in [0.2, 0.25) is 0 Å². The van der Waals surface area contributed by atoms with Crippen molar-refractivity contribution in [1.29, 1.82) is 0 Å². The van der Waals surface area contributed by atoms with E-state index in [0.717, 1.165) is 44.1 Å². The minimum absolute atomic E-state index is 0.144. The second-order valence-electron chi connectivity index (χ2n) is 5.42. The highest BCUT2D eigenvalue weighted by Crippen LogP contribution is 2.30. The van der Waals surface area contributed by atoms with Gasteiger partial charge in [-0.25, -0.2) is 4.98 Å². The molecule has 0 saturated carbocycles. The number of nitrogens with one attached hydrogen (secondary N) is 1. The van der Waals surface area contributed by atoms with Crippen molar-refractivity contribution in [1.82, 2.24) is 14.9 Å². The van der Waals surface area contributed by atoms with E-state index in [1.165, 1.54) is 11.1 Å². The van der Waals surface area contributed by atoms with Crippen LogP contribution >= 0.6 is 0 Å². The van der Waals surface area contributed by atoms with Gasteiger partial charge in [-0.05, 0) is 43.1 Å². The number of hydrogen-bond donors (Lipinski definition) is 1. The maximum absolute atomic E-state index is 5.61. The van der Waals surface area contributed by atoms with Crippen LogP contribution in [0.25, 0.3) is 0 Å². The fourth-order valence-corrected chi connectivity index (χ4v) is 2.88. The van der Waals surface area contributed by atoms with Crippen LogP contribution in [0.3, 0.4) is 0 Å². The predicted molar refractivity (Wildman–Crippen MR) is 83.7 cm³/mol. The molecule has 1 N–H and O–H groups in total. The number of aryl methyl sites for hydroxylation is 1. The topological polar surface area (TPSA) is 39.1 Å². The maximum Gasteiger partial charge on any atom is 0.130 e. The lowest BCUT2D eigenvalue weighted by atomic mass is 10.0. The van der Waals surface area contributed by atoms with Gasteiger partial charge in [0.1, 0.15) is 11.6 Å². The Morgan fingerprint density at radius 3 is 3.10 bits per heavy atom. The van der Waals surface area contributed by atoms with Gasteiger partial charge >= 0.3 is 0 Å². The smallest absolute Gasteiger partial charge is 0.130 e. The summed E-state index contributed by atoms with van der Waals surface area (Å²) >= 11 is 0. The second kappa shape index (κ2) is 6.31. The van der Waals surface area contributed by atoms with Gasteiger partial charge in [-0.2, -0.15) is 0 Å². The molecule has 21 heavy (non-hydrogen) atoms. The lowest BCUT2D eigenvalue weighted by Crippen LogP contribution is -2.26. The van der Waals surface area contributed by atoms with Crippen molar-refractivity contribution in [2.75, 3.05) is 13.2 Å². The Labute approximate surface area is 126 Å². The largest absolute Gasteiger partial charge is 0.493 e. The van der Waals surface area contributed by atoms with Gasteiger partial charge in [0.25, 0.3) is 0 Å². The summed E-state index contributed by atoms with van der Waals surface area (Å²) in [6, 6.07) is 6.67. The van der Waals surface area contributed by atoms with Crippen LogP contribution in [0.4, 0.5) is 0 Å². The van der Waals surface area contributed by atoms with Crippen LogP contribution in [0, 0.1) is 0 Å². The minimum Gasteiger partial charge on any atom is -0.493 e. The molecule has 2 aromatic rings. The van der Waals surface area contributed by atoms with Crippen molar-refractivity contribution in [2.45, 2.75) is 39.3 Å². The highest BCUT2D eigenvalue weighted by atomic mass is 16.5. The summed E-state index contributed by atoms with van der Waals surface area (Å²) in [6.45, 7) is 7.06. The van der Waals surface area contributed by atoms with Crippen LogP contribution in [0.15, 0.2) is 30.6 Å². The summed E-state index contributed by atoms with van der Waals surface area (Å²) in [4.78, 5) is 4.58. The summed E-state index contributed by atoms with van der Waals surface area (Å²) in [7, 11) is 0. The van der Waals surface area contributed by atoms with Crippen LogP contribution in [0.5, 0.6) is 5.75 Å². The van der Waals surface area contributed by atoms with Gasteiger partial charge in [-0.15, -0.1) is 0 Å². The maximum atomic E-state index is 5.61. The summed E-state index contributed by atoms with van der Waals surface area (Å²) < 4.78 is 7.81. The molecular formula is C17H23N3O. The first-order valence-corrected chi connectivity index (χ1v) is 7.83. The molecule has 112 valence electrons. The van der Waals surface area contributed by atoms with Crippen LogP contribution in [-0.4, -0.2) is 22.7 Å². The SMILES string of the molecule is CCCNC(c1ccc2c(c1)CCO2)c1nccn1CC. The standard InChI is InChI=1S/C17H23N3O/c1-3-8-18-16(17-19-9-10-20(17)4-2)14-5-6-15-13(12-14)7-11-21-15/h5-6,9-10,12,16,18H,3-4,7-8,11H2,1-2H3. The van der Waals surface area contributed by atoms with Gasteiger partial charge in [0.15, 0.2) is 0 Å². The number of aromatic nitrogens is 2. The molecule has 1 aromatic carbocycles. The minimum atomic E-state index is 0.144. The lowest BCUT2D eigenvalue weighted by Gasteiger charge is -2.20. The van der Waals surface area contributed by atoms with E-state index < -0.39 is 0 Å². The van der Waals surface area contributed by atoms with Crippen LogP contribution in [0.2, 0.25) is 0 Å². The van der Waals surface area contributed by atoms with Gasteiger partial charge < -0.3 is 14.6 Å². The Bertz CT molecular complexity index is 606. The Morgan fingerprint density at radius 2 is 2.29 bits per heavy atom.